The molecule has 0 unspecified atom stereocenters. The van der Waals surface area contributed by atoms with Crippen molar-refractivity contribution >= 4 is 0 Å². The van der Waals surface area contributed by atoms with Crippen LogP contribution in [0.4, 0.5) is 4.39 Å². The van der Waals surface area contributed by atoms with E-state index in [-0.39, 0.29) is 0 Å². The molecule has 1 rings (SSSR count). The van der Waals surface area contributed by atoms with Crippen molar-refractivity contribution in [3.63, 3.8) is 0 Å². The molecule has 1 heterocycles. The van der Waals surface area contributed by atoms with Gasteiger partial charge in [-0.15, -0.1) is 0 Å². The summed E-state index contributed by atoms with van der Waals surface area (Å²) >= 11 is 0. The molecule has 1 saturated heterocycles. The third-order valence-electron chi connectivity index (χ3n) is 1.57. The Hall–Kier alpha value is -0.270. The molecule has 0 radical (unpaired) electrons. The van der Waals surface area contributed by atoms with Crippen molar-refractivity contribution in [3.8, 4) is 0 Å². The van der Waals surface area contributed by atoms with E-state index >= 15 is 0 Å². The zero-order valence-electron chi connectivity index (χ0n) is 5.51. The Morgan fingerprint density at radius 2 is 2.00 bits per heavy atom. The first-order chi connectivity index (χ1) is 4.99. The molecule has 0 spiro atoms. The minimum Gasteiger partial charge on any atom is -0.394 e. The van der Waals surface area contributed by atoms with E-state index in [2.05, 4.69) is 4.74 Å². The molecular weight excluding hydrogens is 159 g/mol. The summed E-state index contributed by atoms with van der Waals surface area (Å²) < 4.78 is 16.6. The maximum Gasteiger partial charge on any atom is 0.347 e. The van der Waals surface area contributed by atoms with Crippen LogP contribution in [0.2, 0.25) is 0 Å². The normalized spacial score (nSPS) is 51.5. The van der Waals surface area contributed by atoms with Gasteiger partial charge in [-0.2, -0.15) is 4.39 Å². The van der Waals surface area contributed by atoms with Crippen molar-refractivity contribution in [2.45, 2.75) is 24.4 Å². The lowest BCUT2D eigenvalue weighted by atomic mass is 10.1. The summed E-state index contributed by atoms with van der Waals surface area (Å²) in [6.45, 7) is -0.662. The second kappa shape index (κ2) is 2.65. The molecule has 0 amide bonds. The Balaban J connectivity index is 2.69. The van der Waals surface area contributed by atoms with Crippen LogP contribution in [-0.4, -0.2) is 51.4 Å². The lowest BCUT2D eigenvalue weighted by Crippen LogP contribution is -2.39. The molecule has 0 saturated carbocycles. The number of aliphatic hydroxyl groups is 4. The van der Waals surface area contributed by atoms with E-state index in [1.807, 2.05) is 0 Å². The first kappa shape index (κ1) is 8.82. The van der Waals surface area contributed by atoms with Crippen LogP contribution < -0.4 is 0 Å². The third-order valence-corrected chi connectivity index (χ3v) is 1.57. The number of rotatable bonds is 1. The van der Waals surface area contributed by atoms with Crippen molar-refractivity contribution in [1.82, 2.24) is 0 Å². The molecule has 6 heteroatoms. The summed E-state index contributed by atoms with van der Waals surface area (Å²) in [5, 5.41) is 34.5. The SMILES string of the molecule is OC[C@H]1O[C@@](O)(F)[C@@H](O)[C@@H]1O. The van der Waals surface area contributed by atoms with E-state index in [1.54, 1.807) is 0 Å². The Morgan fingerprint density at radius 1 is 1.45 bits per heavy atom. The van der Waals surface area contributed by atoms with Gasteiger partial charge in [0.25, 0.3) is 0 Å². The van der Waals surface area contributed by atoms with Crippen molar-refractivity contribution in [3.05, 3.63) is 0 Å². The van der Waals surface area contributed by atoms with Gasteiger partial charge in [0.2, 0.25) is 0 Å². The summed E-state index contributed by atoms with van der Waals surface area (Å²) in [5.41, 5.74) is 0. The Morgan fingerprint density at radius 3 is 2.18 bits per heavy atom. The van der Waals surface area contributed by atoms with Gasteiger partial charge in [0.1, 0.15) is 12.2 Å². The molecule has 0 aliphatic carbocycles. The lowest BCUT2D eigenvalue weighted by molar-refractivity contribution is -0.310. The monoisotopic (exact) mass is 168 g/mol. The number of halogens is 1. The van der Waals surface area contributed by atoms with Gasteiger partial charge in [-0.05, 0) is 0 Å². The molecular formula is C5H9FO5. The van der Waals surface area contributed by atoms with Gasteiger partial charge >= 0.3 is 6.04 Å². The van der Waals surface area contributed by atoms with Crippen molar-refractivity contribution < 1.29 is 29.6 Å². The highest BCUT2D eigenvalue weighted by atomic mass is 19.2. The van der Waals surface area contributed by atoms with Gasteiger partial charge in [-0.1, -0.05) is 0 Å². The molecule has 5 nitrogen and oxygen atoms in total. The predicted molar refractivity (Wildman–Crippen MR) is 30.0 cm³/mol. The standard InChI is InChI=1S/C5H9FO5/c6-5(10)4(9)3(8)2(1-7)11-5/h2-4,7-10H,1H2/t2-,3-,4+,5-/m1/s1. The zero-order chi connectivity index (χ0) is 8.65. The summed E-state index contributed by atoms with van der Waals surface area (Å²) in [5.74, 6) is 0. The van der Waals surface area contributed by atoms with E-state index < -0.39 is 31.0 Å². The van der Waals surface area contributed by atoms with Gasteiger partial charge in [-0.3, -0.25) is 0 Å². The van der Waals surface area contributed by atoms with Crippen LogP contribution in [0.3, 0.4) is 0 Å². The fourth-order valence-corrected chi connectivity index (χ4v) is 0.911. The zero-order valence-corrected chi connectivity index (χ0v) is 5.51. The maximum absolute atomic E-state index is 12.5. The van der Waals surface area contributed by atoms with Crippen LogP contribution in [0.15, 0.2) is 0 Å². The smallest absolute Gasteiger partial charge is 0.347 e. The fraction of sp³-hybridized carbons (Fsp3) is 1.00. The van der Waals surface area contributed by atoms with Crippen LogP contribution in [0, 0.1) is 0 Å². The van der Waals surface area contributed by atoms with Crippen LogP contribution >= 0.6 is 0 Å². The molecule has 0 aromatic heterocycles. The minimum absolute atomic E-state index is 0.662. The van der Waals surface area contributed by atoms with E-state index in [0.717, 1.165) is 0 Å². The number of hydrogen-bond acceptors (Lipinski definition) is 5. The molecule has 0 aromatic carbocycles. The summed E-state index contributed by atoms with van der Waals surface area (Å²) in [6, 6.07) is -3.26. The Bertz CT molecular complexity index is 150. The average Bonchev–Trinajstić information content (AvgIpc) is 2.13. The lowest BCUT2D eigenvalue weighted by Gasteiger charge is -2.14. The molecule has 1 aliphatic rings. The minimum atomic E-state index is -3.26. The second-order valence-electron chi connectivity index (χ2n) is 2.38. The summed E-state index contributed by atoms with van der Waals surface area (Å²) in [4.78, 5) is 0. The average molecular weight is 168 g/mol. The molecule has 0 bridgehead atoms. The molecule has 1 fully saturated rings. The Kier molecular flexibility index (Phi) is 2.13. The van der Waals surface area contributed by atoms with Crippen molar-refractivity contribution in [2.75, 3.05) is 6.61 Å². The highest BCUT2D eigenvalue weighted by molar-refractivity contribution is 4.89. The molecule has 4 atom stereocenters. The Labute approximate surface area is 61.6 Å². The summed E-state index contributed by atoms with van der Waals surface area (Å²) in [6.07, 6.45) is -4.91. The highest BCUT2D eigenvalue weighted by Crippen LogP contribution is 2.29. The highest BCUT2D eigenvalue weighted by Gasteiger charge is 2.54. The molecule has 1 aliphatic heterocycles. The fourth-order valence-electron chi connectivity index (χ4n) is 0.911. The van der Waals surface area contributed by atoms with Crippen LogP contribution in [0.5, 0.6) is 0 Å². The van der Waals surface area contributed by atoms with Gasteiger partial charge in [-0.25, -0.2) is 0 Å². The summed E-state index contributed by atoms with van der Waals surface area (Å²) in [7, 11) is 0. The van der Waals surface area contributed by atoms with Crippen LogP contribution in [0.25, 0.3) is 0 Å². The molecule has 11 heavy (non-hydrogen) atoms. The second-order valence-corrected chi connectivity index (χ2v) is 2.38. The number of alkyl halides is 1. The van der Waals surface area contributed by atoms with Gasteiger partial charge in [0, 0.05) is 0 Å². The van der Waals surface area contributed by atoms with Gasteiger partial charge in [0.05, 0.1) is 6.61 Å². The largest absolute Gasteiger partial charge is 0.394 e. The topological polar surface area (TPSA) is 90.2 Å². The number of ether oxygens (including phenoxy) is 1. The number of hydrogen-bond donors (Lipinski definition) is 4. The molecule has 0 aromatic rings. The molecule has 4 N–H and O–H groups in total. The first-order valence-corrected chi connectivity index (χ1v) is 3.05. The van der Waals surface area contributed by atoms with Gasteiger partial charge in [0.15, 0.2) is 6.10 Å². The van der Waals surface area contributed by atoms with Crippen molar-refractivity contribution in [2.24, 2.45) is 0 Å². The van der Waals surface area contributed by atoms with Gasteiger partial charge < -0.3 is 25.2 Å². The maximum atomic E-state index is 12.5. The van der Waals surface area contributed by atoms with Crippen LogP contribution in [0.1, 0.15) is 0 Å². The van der Waals surface area contributed by atoms with Crippen LogP contribution in [-0.2, 0) is 4.74 Å². The van der Waals surface area contributed by atoms with E-state index in [4.69, 9.17) is 20.4 Å². The molecule has 66 valence electrons. The predicted octanol–water partition coefficient (Wildman–Crippen LogP) is -2.29. The quantitative estimate of drug-likeness (QED) is 0.354. The number of aliphatic hydroxyl groups excluding tert-OH is 3. The van der Waals surface area contributed by atoms with E-state index in [0.29, 0.717) is 0 Å². The van der Waals surface area contributed by atoms with Crippen molar-refractivity contribution in [1.29, 1.82) is 0 Å². The first-order valence-electron chi connectivity index (χ1n) is 3.05. The third kappa shape index (κ3) is 1.35. The van der Waals surface area contributed by atoms with E-state index in [9.17, 15) is 4.39 Å². The van der Waals surface area contributed by atoms with E-state index in [1.165, 1.54) is 0 Å².